The smallest absolute Gasteiger partial charge is 0.310 e. The fraction of sp³-hybridized carbons (Fsp3) is 0.562. The van der Waals surface area contributed by atoms with Gasteiger partial charge in [0.25, 0.3) is 0 Å². The van der Waals surface area contributed by atoms with Crippen LogP contribution in [-0.2, 0) is 20.9 Å². The van der Waals surface area contributed by atoms with Gasteiger partial charge in [-0.25, -0.2) is 0 Å². The van der Waals surface area contributed by atoms with Gasteiger partial charge in [-0.3, -0.25) is 9.69 Å². The van der Waals surface area contributed by atoms with Gasteiger partial charge in [0.2, 0.25) is 0 Å². The number of benzene rings is 1. The van der Waals surface area contributed by atoms with Crippen molar-refractivity contribution in [3.63, 3.8) is 0 Å². The van der Waals surface area contributed by atoms with Crippen LogP contribution in [0.3, 0.4) is 0 Å². The molecular weight excluding hydrogens is 270 g/mol. The number of morpholine rings is 1. The lowest BCUT2D eigenvalue weighted by Crippen LogP contribution is -2.46. The molecule has 1 N–H and O–H groups in total. The summed E-state index contributed by atoms with van der Waals surface area (Å²) >= 11 is 0. The highest BCUT2D eigenvalue weighted by Gasteiger charge is 2.24. The highest BCUT2D eigenvalue weighted by atomic mass is 16.5. The molecule has 0 spiro atoms. The molecule has 0 saturated carbocycles. The maximum absolute atomic E-state index is 12.0. The third kappa shape index (κ3) is 5.12. The standard InChI is InChI=1S/C16H23NO4/c1-13(9-17-7-8-20-15(10-17)11-18)16(19)21-12-14-5-3-2-4-6-14/h2-6,13,15,18H,7-12H2,1H3. The van der Waals surface area contributed by atoms with Gasteiger partial charge in [-0.2, -0.15) is 0 Å². The molecule has 1 heterocycles. The summed E-state index contributed by atoms with van der Waals surface area (Å²) in [7, 11) is 0. The molecule has 116 valence electrons. The number of hydrogen-bond acceptors (Lipinski definition) is 5. The van der Waals surface area contributed by atoms with Crippen LogP contribution in [0.5, 0.6) is 0 Å². The number of nitrogens with zero attached hydrogens (tertiary/aromatic N) is 1. The molecule has 0 radical (unpaired) electrons. The molecule has 0 aromatic heterocycles. The lowest BCUT2D eigenvalue weighted by molar-refractivity contribution is -0.150. The third-order valence-electron chi connectivity index (χ3n) is 3.58. The van der Waals surface area contributed by atoms with Gasteiger partial charge < -0.3 is 14.6 Å². The molecule has 1 fully saturated rings. The van der Waals surface area contributed by atoms with Crippen molar-refractivity contribution in [2.75, 3.05) is 32.8 Å². The minimum absolute atomic E-state index is 0.0172. The van der Waals surface area contributed by atoms with Crippen LogP contribution in [0.15, 0.2) is 30.3 Å². The van der Waals surface area contributed by atoms with Crippen molar-refractivity contribution < 1.29 is 19.4 Å². The second-order valence-electron chi connectivity index (χ2n) is 5.43. The number of carbonyl (C=O) groups excluding carboxylic acids is 1. The molecule has 5 nitrogen and oxygen atoms in total. The number of hydrogen-bond donors (Lipinski definition) is 1. The number of ether oxygens (including phenoxy) is 2. The van der Waals surface area contributed by atoms with E-state index in [1.165, 1.54) is 0 Å². The van der Waals surface area contributed by atoms with Crippen molar-refractivity contribution in [3.05, 3.63) is 35.9 Å². The number of aliphatic hydroxyl groups excluding tert-OH is 1. The third-order valence-corrected chi connectivity index (χ3v) is 3.58. The first-order valence-corrected chi connectivity index (χ1v) is 7.34. The highest BCUT2D eigenvalue weighted by Crippen LogP contribution is 2.10. The Labute approximate surface area is 125 Å². The topological polar surface area (TPSA) is 59.0 Å². The van der Waals surface area contributed by atoms with Crippen LogP contribution in [-0.4, -0.2) is 54.9 Å². The maximum Gasteiger partial charge on any atom is 0.310 e. The zero-order valence-corrected chi connectivity index (χ0v) is 12.4. The van der Waals surface area contributed by atoms with E-state index in [-0.39, 0.29) is 24.6 Å². The van der Waals surface area contributed by atoms with E-state index in [9.17, 15) is 4.79 Å². The van der Waals surface area contributed by atoms with Gasteiger partial charge in [0.15, 0.2) is 0 Å². The summed E-state index contributed by atoms with van der Waals surface area (Å²) in [4.78, 5) is 14.1. The van der Waals surface area contributed by atoms with E-state index in [0.717, 1.165) is 12.1 Å². The monoisotopic (exact) mass is 293 g/mol. The molecule has 1 aromatic carbocycles. The predicted molar refractivity (Wildman–Crippen MR) is 78.7 cm³/mol. The summed E-state index contributed by atoms with van der Waals surface area (Å²) in [5.74, 6) is -0.378. The summed E-state index contributed by atoms with van der Waals surface area (Å²) in [5.41, 5.74) is 0.991. The Morgan fingerprint density at radius 2 is 2.24 bits per heavy atom. The van der Waals surface area contributed by atoms with Crippen molar-refractivity contribution in [2.45, 2.75) is 19.6 Å². The Morgan fingerprint density at radius 3 is 2.95 bits per heavy atom. The molecule has 0 bridgehead atoms. The van der Waals surface area contributed by atoms with Crippen molar-refractivity contribution in [1.29, 1.82) is 0 Å². The molecule has 1 aliphatic heterocycles. The zero-order chi connectivity index (χ0) is 15.1. The predicted octanol–water partition coefficient (Wildman–Crippen LogP) is 1.06. The van der Waals surface area contributed by atoms with Gasteiger partial charge in [0, 0.05) is 19.6 Å². The second-order valence-corrected chi connectivity index (χ2v) is 5.43. The lowest BCUT2D eigenvalue weighted by Gasteiger charge is -2.33. The van der Waals surface area contributed by atoms with Gasteiger partial charge in [0.1, 0.15) is 6.61 Å². The van der Waals surface area contributed by atoms with E-state index >= 15 is 0 Å². The summed E-state index contributed by atoms with van der Waals surface area (Å²) in [6.45, 7) is 4.87. The Kier molecular flexibility index (Phi) is 6.17. The fourth-order valence-corrected chi connectivity index (χ4v) is 2.39. The number of carbonyl (C=O) groups is 1. The number of rotatable bonds is 6. The van der Waals surface area contributed by atoms with Crippen molar-refractivity contribution >= 4 is 5.97 Å². The van der Waals surface area contributed by atoms with Crippen LogP contribution in [0.4, 0.5) is 0 Å². The van der Waals surface area contributed by atoms with E-state index in [2.05, 4.69) is 4.90 Å². The molecular formula is C16H23NO4. The zero-order valence-electron chi connectivity index (χ0n) is 12.4. The van der Waals surface area contributed by atoms with E-state index in [1.54, 1.807) is 0 Å². The molecule has 2 atom stereocenters. The summed E-state index contributed by atoms with van der Waals surface area (Å²) in [6.07, 6.45) is -0.147. The quantitative estimate of drug-likeness (QED) is 0.795. The Hall–Kier alpha value is -1.43. The molecule has 2 unspecified atom stereocenters. The first kappa shape index (κ1) is 15.9. The SMILES string of the molecule is CC(CN1CCOC(CO)C1)C(=O)OCc1ccccc1. The largest absolute Gasteiger partial charge is 0.461 e. The molecule has 2 rings (SSSR count). The van der Waals surface area contributed by atoms with E-state index in [4.69, 9.17) is 14.6 Å². The van der Waals surface area contributed by atoms with Gasteiger partial charge in [0.05, 0.1) is 25.2 Å². The van der Waals surface area contributed by atoms with Crippen molar-refractivity contribution in [3.8, 4) is 0 Å². The first-order valence-electron chi connectivity index (χ1n) is 7.34. The van der Waals surface area contributed by atoms with Gasteiger partial charge in [-0.15, -0.1) is 0 Å². The Morgan fingerprint density at radius 1 is 1.48 bits per heavy atom. The first-order chi connectivity index (χ1) is 10.2. The van der Waals surface area contributed by atoms with E-state index in [0.29, 0.717) is 26.3 Å². The molecule has 1 aliphatic rings. The van der Waals surface area contributed by atoms with Crippen LogP contribution in [0.1, 0.15) is 12.5 Å². The molecule has 0 amide bonds. The minimum Gasteiger partial charge on any atom is -0.461 e. The number of esters is 1. The highest BCUT2D eigenvalue weighted by molar-refractivity contribution is 5.72. The lowest BCUT2D eigenvalue weighted by atomic mass is 10.1. The van der Waals surface area contributed by atoms with Crippen LogP contribution < -0.4 is 0 Å². The van der Waals surface area contributed by atoms with Crippen molar-refractivity contribution in [1.82, 2.24) is 4.90 Å². The van der Waals surface area contributed by atoms with Crippen LogP contribution in [0.2, 0.25) is 0 Å². The Bertz CT molecular complexity index is 437. The van der Waals surface area contributed by atoms with E-state index in [1.807, 2.05) is 37.3 Å². The van der Waals surface area contributed by atoms with Crippen molar-refractivity contribution in [2.24, 2.45) is 5.92 Å². The van der Waals surface area contributed by atoms with E-state index < -0.39 is 0 Å². The summed E-state index contributed by atoms with van der Waals surface area (Å²) < 4.78 is 10.7. The van der Waals surface area contributed by atoms with Gasteiger partial charge in [-0.1, -0.05) is 37.3 Å². The van der Waals surface area contributed by atoms with Crippen LogP contribution in [0, 0.1) is 5.92 Å². The number of aliphatic hydroxyl groups is 1. The summed E-state index contributed by atoms with van der Waals surface area (Å²) in [6, 6.07) is 9.66. The molecule has 21 heavy (non-hydrogen) atoms. The minimum atomic E-state index is -0.189. The maximum atomic E-state index is 12.0. The normalized spacial score (nSPS) is 21.0. The molecule has 5 heteroatoms. The molecule has 1 aromatic rings. The summed E-state index contributed by atoms with van der Waals surface area (Å²) in [5, 5.41) is 9.12. The van der Waals surface area contributed by atoms with Crippen LogP contribution in [0.25, 0.3) is 0 Å². The van der Waals surface area contributed by atoms with Gasteiger partial charge >= 0.3 is 5.97 Å². The fourth-order valence-electron chi connectivity index (χ4n) is 2.39. The van der Waals surface area contributed by atoms with Crippen LogP contribution >= 0.6 is 0 Å². The molecule has 0 aliphatic carbocycles. The Balaban J connectivity index is 1.74. The second kappa shape index (κ2) is 8.12. The van der Waals surface area contributed by atoms with Gasteiger partial charge in [-0.05, 0) is 5.56 Å². The average molecular weight is 293 g/mol. The average Bonchev–Trinajstić information content (AvgIpc) is 2.53. The molecule has 1 saturated heterocycles.